The van der Waals surface area contributed by atoms with E-state index in [0.29, 0.717) is 30.1 Å². The number of piperazine rings is 1. The predicted octanol–water partition coefficient (Wildman–Crippen LogP) is 1.68. The molecule has 0 aromatic heterocycles. The number of hydrogen-bond donors (Lipinski definition) is 2. The van der Waals surface area contributed by atoms with Crippen LogP contribution in [0.25, 0.3) is 6.08 Å². The number of anilines is 2. The molecule has 0 atom stereocenters. The molecule has 2 aliphatic heterocycles. The molecule has 170 valence electrons. The number of nitro groups is 1. The number of rotatable bonds is 5. The SMILES string of the molecule is COc1cccc(N2C(=O)NC(=O)/C(=C/c3cc([N+](=O)[O-])ccc3N3CCNCC3)C2=O)c1. The van der Waals surface area contributed by atoms with Crippen molar-refractivity contribution >= 4 is 41.0 Å². The standard InChI is InChI=1S/C22H21N5O6/c1-33-17-4-2-3-15(13-17)26-21(29)18(20(28)24-22(26)30)12-14-11-16(27(31)32)5-6-19(14)25-9-7-23-8-10-25/h2-6,11-13,23H,7-10H2,1H3,(H,24,28,30)/b18-12-. The van der Waals surface area contributed by atoms with E-state index in [-0.39, 0.29) is 16.9 Å². The lowest BCUT2D eigenvalue weighted by Crippen LogP contribution is -2.54. The number of carbonyl (C=O) groups excluding carboxylic acids is 3. The van der Waals surface area contributed by atoms with Crippen molar-refractivity contribution < 1.29 is 24.0 Å². The summed E-state index contributed by atoms with van der Waals surface area (Å²) in [5, 5.41) is 16.7. The third-order valence-electron chi connectivity index (χ3n) is 5.39. The number of carbonyl (C=O) groups is 3. The molecule has 33 heavy (non-hydrogen) atoms. The van der Waals surface area contributed by atoms with E-state index in [9.17, 15) is 24.5 Å². The molecular weight excluding hydrogens is 430 g/mol. The zero-order valence-corrected chi connectivity index (χ0v) is 17.7. The van der Waals surface area contributed by atoms with Crippen LogP contribution in [-0.4, -0.2) is 56.1 Å². The first-order valence-electron chi connectivity index (χ1n) is 10.2. The zero-order chi connectivity index (χ0) is 23.5. The van der Waals surface area contributed by atoms with E-state index in [1.807, 2.05) is 4.90 Å². The molecule has 11 nitrogen and oxygen atoms in total. The molecule has 11 heteroatoms. The summed E-state index contributed by atoms with van der Waals surface area (Å²) >= 11 is 0. The fraction of sp³-hybridized carbons (Fsp3) is 0.227. The molecule has 0 radical (unpaired) electrons. The Kier molecular flexibility index (Phi) is 6.05. The van der Waals surface area contributed by atoms with E-state index in [2.05, 4.69) is 10.6 Å². The maximum atomic E-state index is 13.2. The molecule has 4 rings (SSSR count). The number of urea groups is 1. The quantitative estimate of drug-likeness (QED) is 0.304. The monoisotopic (exact) mass is 451 g/mol. The van der Waals surface area contributed by atoms with Gasteiger partial charge in [0.1, 0.15) is 11.3 Å². The van der Waals surface area contributed by atoms with E-state index in [1.54, 1.807) is 18.2 Å². The van der Waals surface area contributed by atoms with Crippen molar-refractivity contribution in [3.63, 3.8) is 0 Å². The molecule has 0 spiro atoms. The first-order valence-corrected chi connectivity index (χ1v) is 10.2. The number of nitrogens with zero attached hydrogens (tertiary/aromatic N) is 3. The van der Waals surface area contributed by atoms with Gasteiger partial charge in [0.25, 0.3) is 17.5 Å². The van der Waals surface area contributed by atoms with Crippen LogP contribution in [-0.2, 0) is 9.59 Å². The van der Waals surface area contributed by atoms with E-state index < -0.39 is 22.8 Å². The summed E-state index contributed by atoms with van der Waals surface area (Å²) in [6.07, 6.45) is 1.29. The Morgan fingerprint density at radius 2 is 1.85 bits per heavy atom. The first-order chi connectivity index (χ1) is 15.9. The normalized spacial score (nSPS) is 17.8. The van der Waals surface area contributed by atoms with Crippen LogP contribution < -0.4 is 25.2 Å². The highest BCUT2D eigenvalue weighted by atomic mass is 16.6. The Bertz CT molecular complexity index is 1170. The fourth-order valence-electron chi connectivity index (χ4n) is 3.76. The summed E-state index contributed by atoms with van der Waals surface area (Å²) in [6.45, 7) is 2.76. The highest BCUT2D eigenvalue weighted by Crippen LogP contribution is 2.30. The molecule has 2 aliphatic rings. The maximum absolute atomic E-state index is 13.2. The molecule has 0 saturated carbocycles. The number of imide groups is 2. The number of ether oxygens (including phenoxy) is 1. The average molecular weight is 451 g/mol. The molecule has 2 aromatic carbocycles. The second kappa shape index (κ2) is 9.09. The van der Waals surface area contributed by atoms with Gasteiger partial charge in [-0.2, -0.15) is 0 Å². The molecule has 2 N–H and O–H groups in total. The Balaban J connectivity index is 1.78. The first kappa shape index (κ1) is 22.0. The number of hydrogen-bond acceptors (Lipinski definition) is 8. The molecule has 2 aromatic rings. The van der Waals surface area contributed by atoms with Gasteiger partial charge in [-0.1, -0.05) is 6.07 Å². The van der Waals surface area contributed by atoms with Crippen LogP contribution in [0.1, 0.15) is 5.56 Å². The van der Waals surface area contributed by atoms with E-state index in [4.69, 9.17) is 4.74 Å². The molecule has 0 aliphatic carbocycles. The van der Waals surface area contributed by atoms with Crippen LogP contribution in [0.15, 0.2) is 48.0 Å². The van der Waals surface area contributed by atoms with Gasteiger partial charge in [-0.15, -0.1) is 0 Å². The Hall–Kier alpha value is -4.25. The molecule has 2 fully saturated rings. The lowest BCUT2D eigenvalue weighted by atomic mass is 10.0. The number of nitrogens with one attached hydrogen (secondary N) is 2. The summed E-state index contributed by atoms with van der Waals surface area (Å²) in [5.41, 5.74) is 0.723. The smallest absolute Gasteiger partial charge is 0.335 e. The van der Waals surface area contributed by atoms with Crippen molar-refractivity contribution in [3.05, 3.63) is 63.7 Å². The van der Waals surface area contributed by atoms with Gasteiger partial charge < -0.3 is 15.0 Å². The molecule has 2 saturated heterocycles. The van der Waals surface area contributed by atoms with Crippen molar-refractivity contribution in [2.45, 2.75) is 0 Å². The Labute approximate surface area is 188 Å². The minimum absolute atomic E-state index is 0.176. The number of amides is 4. The summed E-state index contributed by atoms with van der Waals surface area (Å²) in [6, 6.07) is 9.70. The second-order valence-electron chi connectivity index (χ2n) is 7.40. The number of methoxy groups -OCH3 is 1. The molecular formula is C22H21N5O6. The van der Waals surface area contributed by atoms with Crippen molar-refractivity contribution in [2.75, 3.05) is 43.1 Å². The van der Waals surface area contributed by atoms with Crippen molar-refractivity contribution in [1.82, 2.24) is 10.6 Å². The Morgan fingerprint density at radius 1 is 1.09 bits per heavy atom. The summed E-state index contributed by atoms with van der Waals surface area (Å²) in [7, 11) is 1.45. The minimum Gasteiger partial charge on any atom is -0.497 e. The van der Waals surface area contributed by atoms with Gasteiger partial charge in [-0.25, -0.2) is 9.69 Å². The minimum atomic E-state index is -0.892. The highest BCUT2D eigenvalue weighted by Gasteiger charge is 2.37. The second-order valence-corrected chi connectivity index (χ2v) is 7.40. The summed E-state index contributed by atoms with van der Waals surface area (Å²) in [4.78, 5) is 52.0. The largest absolute Gasteiger partial charge is 0.497 e. The third kappa shape index (κ3) is 4.39. The van der Waals surface area contributed by atoms with Gasteiger partial charge in [0.15, 0.2) is 0 Å². The zero-order valence-electron chi connectivity index (χ0n) is 17.7. The van der Waals surface area contributed by atoms with Crippen LogP contribution in [0.4, 0.5) is 21.9 Å². The predicted molar refractivity (Wildman–Crippen MR) is 120 cm³/mol. The molecule has 4 amide bonds. The number of nitro benzene ring substituents is 1. The van der Waals surface area contributed by atoms with Crippen LogP contribution >= 0.6 is 0 Å². The van der Waals surface area contributed by atoms with Gasteiger partial charge in [0.05, 0.1) is 17.7 Å². The number of benzene rings is 2. The van der Waals surface area contributed by atoms with Crippen molar-refractivity contribution in [1.29, 1.82) is 0 Å². The summed E-state index contributed by atoms with van der Waals surface area (Å²) in [5.74, 6) is -1.29. The van der Waals surface area contributed by atoms with Crippen molar-refractivity contribution in [3.8, 4) is 5.75 Å². The van der Waals surface area contributed by atoms with Crippen LogP contribution in [0, 0.1) is 10.1 Å². The average Bonchev–Trinajstić information content (AvgIpc) is 2.82. The molecule has 2 heterocycles. The van der Waals surface area contributed by atoms with Gasteiger partial charge in [-0.05, 0) is 24.3 Å². The fourth-order valence-corrected chi connectivity index (χ4v) is 3.76. The third-order valence-corrected chi connectivity index (χ3v) is 5.39. The van der Waals surface area contributed by atoms with Gasteiger partial charge >= 0.3 is 6.03 Å². The maximum Gasteiger partial charge on any atom is 0.335 e. The van der Waals surface area contributed by atoms with E-state index in [1.165, 1.54) is 37.5 Å². The number of non-ortho nitro benzene ring substituents is 1. The van der Waals surface area contributed by atoms with Crippen LogP contribution in [0.5, 0.6) is 5.75 Å². The molecule has 0 bridgehead atoms. The van der Waals surface area contributed by atoms with Crippen molar-refractivity contribution in [2.24, 2.45) is 0 Å². The highest BCUT2D eigenvalue weighted by molar-refractivity contribution is 6.39. The van der Waals surface area contributed by atoms with Gasteiger partial charge in [0, 0.05) is 55.6 Å². The summed E-state index contributed by atoms with van der Waals surface area (Å²) < 4.78 is 5.15. The number of barbiturate groups is 1. The van der Waals surface area contributed by atoms with Gasteiger partial charge in [-0.3, -0.25) is 25.0 Å². The molecule has 0 unspecified atom stereocenters. The Morgan fingerprint density at radius 3 is 2.55 bits per heavy atom. The lowest BCUT2D eigenvalue weighted by Gasteiger charge is -2.31. The van der Waals surface area contributed by atoms with Gasteiger partial charge in [0.2, 0.25) is 0 Å². The van der Waals surface area contributed by atoms with Crippen LogP contribution in [0.2, 0.25) is 0 Å². The van der Waals surface area contributed by atoms with E-state index in [0.717, 1.165) is 18.0 Å². The lowest BCUT2D eigenvalue weighted by molar-refractivity contribution is -0.384. The topological polar surface area (TPSA) is 134 Å². The van der Waals surface area contributed by atoms with E-state index >= 15 is 0 Å². The van der Waals surface area contributed by atoms with Crippen LogP contribution in [0.3, 0.4) is 0 Å².